The van der Waals surface area contributed by atoms with Crippen molar-refractivity contribution in [2.24, 2.45) is 0 Å². The minimum atomic E-state index is -1.08. The first-order valence-corrected chi connectivity index (χ1v) is 10.6. The topological polar surface area (TPSA) is 111 Å². The molecule has 4 rings (SSSR count). The molecule has 2 aliphatic heterocycles. The Bertz CT molecular complexity index is 1090. The van der Waals surface area contributed by atoms with Crippen molar-refractivity contribution in [2.75, 3.05) is 25.6 Å². The standard InChI is InChI=1S/C24H24N2O7/c1-14(21(27)25-16-6-8-17(31-2)9-7-16)33-24(30)15-5-10-19-20(12-15)23(29)26(22(19)28)13-18-4-3-11-32-18/h5-10,12,14,18H,3-4,11,13H2,1-2H3,(H,25,27). The van der Waals surface area contributed by atoms with Crippen molar-refractivity contribution in [3.05, 3.63) is 59.2 Å². The molecule has 2 aromatic carbocycles. The summed E-state index contributed by atoms with van der Waals surface area (Å²) in [5.41, 5.74) is 0.984. The van der Waals surface area contributed by atoms with Crippen LogP contribution in [0.1, 0.15) is 50.8 Å². The highest BCUT2D eigenvalue weighted by atomic mass is 16.5. The molecule has 0 radical (unpaired) electrons. The number of fused-ring (bicyclic) bond motifs is 1. The zero-order valence-electron chi connectivity index (χ0n) is 18.3. The van der Waals surface area contributed by atoms with E-state index in [2.05, 4.69) is 5.32 Å². The molecule has 1 N–H and O–H groups in total. The third kappa shape index (κ3) is 4.73. The first-order valence-electron chi connectivity index (χ1n) is 10.6. The summed E-state index contributed by atoms with van der Waals surface area (Å²) >= 11 is 0. The molecule has 9 nitrogen and oxygen atoms in total. The Morgan fingerprint density at radius 3 is 2.52 bits per heavy atom. The van der Waals surface area contributed by atoms with E-state index in [4.69, 9.17) is 14.2 Å². The number of hydrogen-bond acceptors (Lipinski definition) is 7. The number of amides is 3. The molecular weight excluding hydrogens is 428 g/mol. The second-order valence-electron chi connectivity index (χ2n) is 7.88. The van der Waals surface area contributed by atoms with Gasteiger partial charge in [-0.3, -0.25) is 19.3 Å². The zero-order valence-corrected chi connectivity index (χ0v) is 18.3. The van der Waals surface area contributed by atoms with E-state index in [1.54, 1.807) is 31.4 Å². The minimum absolute atomic E-state index is 0.0814. The van der Waals surface area contributed by atoms with Gasteiger partial charge >= 0.3 is 5.97 Å². The predicted octanol–water partition coefficient (Wildman–Crippen LogP) is 2.65. The van der Waals surface area contributed by atoms with Crippen LogP contribution in [0.2, 0.25) is 0 Å². The summed E-state index contributed by atoms with van der Waals surface area (Å²) in [7, 11) is 1.54. The lowest BCUT2D eigenvalue weighted by atomic mass is 10.1. The Kier molecular flexibility index (Phi) is 6.41. The van der Waals surface area contributed by atoms with E-state index in [0.717, 1.165) is 17.7 Å². The van der Waals surface area contributed by atoms with Crippen molar-refractivity contribution in [1.82, 2.24) is 4.90 Å². The molecular formula is C24H24N2O7. The van der Waals surface area contributed by atoms with Crippen molar-refractivity contribution in [3.8, 4) is 5.75 Å². The third-order valence-electron chi connectivity index (χ3n) is 5.63. The number of nitrogens with one attached hydrogen (secondary N) is 1. The average molecular weight is 452 g/mol. The van der Waals surface area contributed by atoms with Crippen LogP contribution in [-0.2, 0) is 14.3 Å². The van der Waals surface area contributed by atoms with Crippen LogP contribution < -0.4 is 10.1 Å². The summed E-state index contributed by atoms with van der Waals surface area (Å²) in [4.78, 5) is 51.5. The number of carbonyl (C=O) groups is 4. The van der Waals surface area contributed by atoms with Crippen molar-refractivity contribution >= 4 is 29.4 Å². The van der Waals surface area contributed by atoms with Gasteiger partial charge in [-0.25, -0.2) is 4.79 Å². The lowest BCUT2D eigenvalue weighted by molar-refractivity contribution is -0.123. The van der Waals surface area contributed by atoms with Crippen LogP contribution in [0.5, 0.6) is 5.75 Å². The van der Waals surface area contributed by atoms with Gasteiger partial charge in [0.1, 0.15) is 5.75 Å². The smallest absolute Gasteiger partial charge is 0.338 e. The average Bonchev–Trinajstić information content (AvgIpc) is 3.42. The van der Waals surface area contributed by atoms with Crippen molar-refractivity contribution < 1.29 is 33.4 Å². The molecule has 0 spiro atoms. The summed E-state index contributed by atoms with van der Waals surface area (Å²) < 4.78 is 15.9. The molecule has 2 atom stereocenters. The molecule has 0 bridgehead atoms. The fraction of sp³-hybridized carbons (Fsp3) is 0.333. The van der Waals surface area contributed by atoms with Gasteiger partial charge in [0, 0.05) is 12.3 Å². The Labute approximate surface area is 190 Å². The molecule has 2 heterocycles. The Hall–Kier alpha value is -3.72. The number of anilines is 1. The molecule has 2 unspecified atom stereocenters. The van der Waals surface area contributed by atoms with Gasteiger partial charge in [0.05, 0.1) is 36.4 Å². The number of nitrogens with zero attached hydrogens (tertiary/aromatic N) is 1. The molecule has 0 aliphatic carbocycles. The molecule has 1 fully saturated rings. The highest BCUT2D eigenvalue weighted by molar-refractivity contribution is 6.22. The number of hydrogen-bond donors (Lipinski definition) is 1. The monoisotopic (exact) mass is 452 g/mol. The zero-order chi connectivity index (χ0) is 23.5. The van der Waals surface area contributed by atoms with Gasteiger partial charge in [0.2, 0.25) is 0 Å². The number of carbonyl (C=O) groups excluding carboxylic acids is 4. The largest absolute Gasteiger partial charge is 0.497 e. The van der Waals surface area contributed by atoms with E-state index >= 15 is 0 Å². The summed E-state index contributed by atoms with van der Waals surface area (Å²) in [5.74, 6) is -1.51. The van der Waals surface area contributed by atoms with Crippen LogP contribution in [0, 0.1) is 0 Å². The molecule has 9 heteroatoms. The van der Waals surface area contributed by atoms with E-state index < -0.39 is 29.8 Å². The second-order valence-corrected chi connectivity index (χ2v) is 7.88. The fourth-order valence-corrected chi connectivity index (χ4v) is 3.78. The Balaban J connectivity index is 1.40. The number of methoxy groups -OCH3 is 1. The van der Waals surface area contributed by atoms with Gasteiger partial charge in [0.15, 0.2) is 6.10 Å². The van der Waals surface area contributed by atoms with E-state index in [9.17, 15) is 19.2 Å². The number of ether oxygens (including phenoxy) is 3. The first kappa shape index (κ1) is 22.5. The molecule has 33 heavy (non-hydrogen) atoms. The maximum absolute atomic E-state index is 12.8. The van der Waals surface area contributed by atoms with Crippen LogP contribution in [0.4, 0.5) is 5.69 Å². The highest BCUT2D eigenvalue weighted by Crippen LogP contribution is 2.26. The summed E-state index contributed by atoms with van der Waals surface area (Å²) in [6, 6.07) is 10.9. The second kappa shape index (κ2) is 9.41. The van der Waals surface area contributed by atoms with Crippen LogP contribution in [0.3, 0.4) is 0 Å². The van der Waals surface area contributed by atoms with Crippen LogP contribution >= 0.6 is 0 Å². The quantitative estimate of drug-likeness (QED) is 0.508. The molecule has 2 aliphatic rings. The molecule has 0 saturated carbocycles. The van der Waals surface area contributed by atoms with Gasteiger partial charge in [-0.15, -0.1) is 0 Å². The SMILES string of the molecule is COc1ccc(NC(=O)C(C)OC(=O)c2ccc3c(c2)C(=O)N(CC2CCCO2)C3=O)cc1. The van der Waals surface area contributed by atoms with E-state index in [0.29, 0.717) is 18.0 Å². The predicted molar refractivity (Wildman–Crippen MR) is 117 cm³/mol. The van der Waals surface area contributed by atoms with Gasteiger partial charge in [-0.1, -0.05) is 0 Å². The lowest BCUT2D eigenvalue weighted by Gasteiger charge is -2.17. The normalized spacial score (nSPS) is 18.1. The van der Waals surface area contributed by atoms with Crippen LogP contribution in [-0.4, -0.2) is 61.1 Å². The Morgan fingerprint density at radius 1 is 1.12 bits per heavy atom. The van der Waals surface area contributed by atoms with Gasteiger partial charge in [-0.2, -0.15) is 0 Å². The molecule has 172 valence electrons. The van der Waals surface area contributed by atoms with Crippen LogP contribution in [0.15, 0.2) is 42.5 Å². The molecule has 3 amide bonds. The number of imide groups is 1. The highest BCUT2D eigenvalue weighted by Gasteiger charge is 2.38. The maximum atomic E-state index is 12.8. The van der Waals surface area contributed by atoms with Crippen molar-refractivity contribution in [3.63, 3.8) is 0 Å². The number of benzene rings is 2. The third-order valence-corrected chi connectivity index (χ3v) is 5.63. The molecule has 1 saturated heterocycles. The van der Waals surface area contributed by atoms with Crippen molar-refractivity contribution in [1.29, 1.82) is 0 Å². The van der Waals surface area contributed by atoms with E-state index in [-0.39, 0.29) is 29.3 Å². The summed E-state index contributed by atoms with van der Waals surface area (Å²) in [6.07, 6.45) is 0.443. The van der Waals surface area contributed by atoms with E-state index in [1.165, 1.54) is 25.1 Å². The van der Waals surface area contributed by atoms with Gasteiger partial charge in [-0.05, 0) is 62.2 Å². The Morgan fingerprint density at radius 2 is 1.85 bits per heavy atom. The van der Waals surface area contributed by atoms with Gasteiger partial charge in [0.25, 0.3) is 17.7 Å². The van der Waals surface area contributed by atoms with Gasteiger partial charge < -0.3 is 19.5 Å². The number of rotatable bonds is 7. The maximum Gasteiger partial charge on any atom is 0.338 e. The minimum Gasteiger partial charge on any atom is -0.497 e. The molecule has 0 aromatic heterocycles. The van der Waals surface area contributed by atoms with Crippen LogP contribution in [0.25, 0.3) is 0 Å². The van der Waals surface area contributed by atoms with E-state index in [1.807, 2.05) is 0 Å². The summed E-state index contributed by atoms with van der Waals surface area (Å²) in [5, 5.41) is 2.66. The summed E-state index contributed by atoms with van der Waals surface area (Å²) in [6.45, 7) is 2.25. The first-order chi connectivity index (χ1) is 15.9. The van der Waals surface area contributed by atoms with Crippen molar-refractivity contribution in [2.45, 2.75) is 32.0 Å². The number of esters is 1. The lowest BCUT2D eigenvalue weighted by Crippen LogP contribution is -2.36. The molecule has 2 aromatic rings. The fourth-order valence-electron chi connectivity index (χ4n) is 3.78.